The Morgan fingerprint density at radius 2 is 1.86 bits per heavy atom. The fourth-order valence-electron chi connectivity index (χ4n) is 3.08. The van der Waals surface area contributed by atoms with E-state index in [9.17, 15) is 18.0 Å². The van der Waals surface area contributed by atoms with Crippen molar-refractivity contribution < 1.29 is 18.0 Å². The van der Waals surface area contributed by atoms with Crippen LogP contribution >= 0.6 is 11.6 Å². The number of rotatable bonds is 7. The zero-order chi connectivity index (χ0) is 21.0. The average Bonchev–Trinajstić information content (AvgIpc) is 3.11. The minimum Gasteiger partial charge on any atom is -0.351 e. The zero-order valence-electron chi connectivity index (χ0n) is 15.9. The first-order valence-corrected chi connectivity index (χ1v) is 11.1. The van der Waals surface area contributed by atoms with Crippen LogP contribution in [0.1, 0.15) is 28.8 Å². The van der Waals surface area contributed by atoms with Crippen molar-refractivity contribution in [1.82, 2.24) is 10.0 Å². The van der Waals surface area contributed by atoms with Crippen LogP contribution in [-0.2, 0) is 14.8 Å². The number of sulfonamides is 1. The van der Waals surface area contributed by atoms with Gasteiger partial charge in [-0.2, -0.15) is 0 Å². The summed E-state index contributed by atoms with van der Waals surface area (Å²) in [7, 11) is -3.65. The summed E-state index contributed by atoms with van der Waals surface area (Å²) in [4.78, 5) is 26.4. The minimum atomic E-state index is -3.65. The second-order valence-corrected chi connectivity index (χ2v) is 8.98. The molecule has 0 aromatic heterocycles. The van der Waals surface area contributed by atoms with Gasteiger partial charge in [0.05, 0.1) is 16.1 Å². The van der Waals surface area contributed by atoms with E-state index in [4.69, 9.17) is 11.6 Å². The summed E-state index contributed by atoms with van der Waals surface area (Å²) < 4.78 is 27.0. The Kier molecular flexibility index (Phi) is 6.56. The molecule has 1 aliphatic heterocycles. The highest BCUT2D eigenvalue weighted by Crippen LogP contribution is 2.28. The van der Waals surface area contributed by atoms with E-state index in [-0.39, 0.29) is 23.9 Å². The number of hydrogen-bond acceptors (Lipinski definition) is 4. The van der Waals surface area contributed by atoms with Crippen molar-refractivity contribution >= 4 is 39.1 Å². The number of carbonyl (C=O) groups is 2. The molecule has 2 N–H and O–H groups in total. The normalized spacial score (nSPS) is 14.3. The number of benzene rings is 2. The standard InChI is InChI=1S/C20H22ClN3O4S/c1-14-4-7-16(8-5-14)29(27,28)23-11-10-22-20(26)17-9-6-15(21)13-18(17)24-12-2-3-19(24)25/h4-9,13,23H,2-3,10-12H2,1H3,(H,22,26). The highest BCUT2D eigenvalue weighted by atomic mass is 35.5. The van der Waals surface area contributed by atoms with Gasteiger partial charge in [0.15, 0.2) is 0 Å². The Bertz CT molecular complexity index is 1020. The summed E-state index contributed by atoms with van der Waals surface area (Å²) in [5, 5.41) is 3.12. The number of nitrogens with zero attached hydrogens (tertiary/aromatic N) is 1. The lowest BCUT2D eigenvalue weighted by molar-refractivity contribution is -0.117. The fraction of sp³-hybridized carbons (Fsp3) is 0.300. The van der Waals surface area contributed by atoms with E-state index in [2.05, 4.69) is 10.0 Å². The van der Waals surface area contributed by atoms with Gasteiger partial charge in [0.1, 0.15) is 0 Å². The third-order valence-electron chi connectivity index (χ3n) is 4.60. The molecule has 0 aliphatic carbocycles. The third kappa shape index (κ3) is 5.14. The van der Waals surface area contributed by atoms with Gasteiger partial charge in [-0.15, -0.1) is 0 Å². The van der Waals surface area contributed by atoms with Crippen LogP contribution < -0.4 is 14.9 Å². The van der Waals surface area contributed by atoms with Gasteiger partial charge in [0.25, 0.3) is 5.91 Å². The van der Waals surface area contributed by atoms with Gasteiger partial charge in [-0.05, 0) is 43.7 Å². The lowest BCUT2D eigenvalue weighted by atomic mass is 10.1. The third-order valence-corrected chi connectivity index (χ3v) is 6.31. The molecule has 2 aromatic carbocycles. The molecule has 0 radical (unpaired) electrons. The Morgan fingerprint density at radius 3 is 2.52 bits per heavy atom. The van der Waals surface area contributed by atoms with Gasteiger partial charge in [-0.1, -0.05) is 29.3 Å². The monoisotopic (exact) mass is 435 g/mol. The molecule has 1 saturated heterocycles. The Labute approximate surface area is 175 Å². The number of carbonyl (C=O) groups excluding carboxylic acids is 2. The van der Waals surface area contributed by atoms with Crippen LogP contribution in [0.3, 0.4) is 0 Å². The van der Waals surface area contributed by atoms with Crippen molar-refractivity contribution in [2.24, 2.45) is 0 Å². The summed E-state index contributed by atoms with van der Waals surface area (Å²) in [6.07, 6.45) is 1.17. The minimum absolute atomic E-state index is 0.0352. The van der Waals surface area contributed by atoms with Crippen molar-refractivity contribution in [2.75, 3.05) is 24.5 Å². The number of nitrogens with one attached hydrogen (secondary N) is 2. The molecule has 0 unspecified atom stereocenters. The van der Waals surface area contributed by atoms with Crippen LogP contribution in [0.5, 0.6) is 0 Å². The van der Waals surface area contributed by atoms with Gasteiger partial charge in [-0.25, -0.2) is 13.1 Å². The summed E-state index contributed by atoms with van der Waals surface area (Å²) >= 11 is 6.05. The van der Waals surface area contributed by atoms with E-state index in [1.807, 2.05) is 6.92 Å². The molecule has 7 nitrogen and oxygen atoms in total. The zero-order valence-corrected chi connectivity index (χ0v) is 17.5. The molecular formula is C20H22ClN3O4S. The van der Waals surface area contributed by atoms with Crippen LogP contribution in [-0.4, -0.2) is 39.9 Å². The predicted octanol–water partition coefficient (Wildman–Crippen LogP) is 2.48. The second kappa shape index (κ2) is 8.94. The van der Waals surface area contributed by atoms with Gasteiger partial charge in [0, 0.05) is 31.1 Å². The lowest BCUT2D eigenvalue weighted by Crippen LogP contribution is -2.35. The van der Waals surface area contributed by atoms with E-state index in [1.165, 1.54) is 12.1 Å². The largest absolute Gasteiger partial charge is 0.351 e. The first-order valence-electron chi connectivity index (χ1n) is 9.22. The molecule has 0 saturated carbocycles. The molecular weight excluding hydrogens is 414 g/mol. The molecule has 0 spiro atoms. The number of hydrogen-bond donors (Lipinski definition) is 2. The maximum Gasteiger partial charge on any atom is 0.253 e. The van der Waals surface area contributed by atoms with Crippen LogP contribution in [0.2, 0.25) is 5.02 Å². The first-order chi connectivity index (χ1) is 13.8. The SMILES string of the molecule is Cc1ccc(S(=O)(=O)NCCNC(=O)c2ccc(Cl)cc2N2CCCC2=O)cc1. The Hall–Kier alpha value is -2.42. The quantitative estimate of drug-likeness (QED) is 0.653. The maximum atomic E-state index is 12.6. The van der Waals surface area contributed by atoms with Crippen molar-refractivity contribution in [3.8, 4) is 0 Å². The predicted molar refractivity (Wildman–Crippen MR) is 112 cm³/mol. The van der Waals surface area contributed by atoms with Gasteiger partial charge in [-0.3, -0.25) is 9.59 Å². The molecule has 0 atom stereocenters. The van der Waals surface area contributed by atoms with E-state index in [0.29, 0.717) is 29.2 Å². The van der Waals surface area contributed by atoms with Crippen molar-refractivity contribution in [3.05, 3.63) is 58.6 Å². The van der Waals surface area contributed by atoms with Crippen LogP contribution in [0.4, 0.5) is 5.69 Å². The molecule has 1 heterocycles. The van der Waals surface area contributed by atoms with Crippen molar-refractivity contribution in [1.29, 1.82) is 0 Å². The highest BCUT2D eigenvalue weighted by Gasteiger charge is 2.26. The lowest BCUT2D eigenvalue weighted by Gasteiger charge is -2.19. The molecule has 2 aromatic rings. The summed E-state index contributed by atoms with van der Waals surface area (Å²) in [6, 6.07) is 11.2. The number of halogens is 1. The smallest absolute Gasteiger partial charge is 0.253 e. The van der Waals surface area contributed by atoms with Gasteiger partial charge >= 0.3 is 0 Å². The molecule has 2 amide bonds. The summed E-state index contributed by atoms with van der Waals surface area (Å²) in [6.45, 7) is 2.54. The molecule has 1 aliphatic rings. The molecule has 1 fully saturated rings. The second-order valence-electron chi connectivity index (χ2n) is 6.78. The van der Waals surface area contributed by atoms with E-state index in [0.717, 1.165) is 12.0 Å². The number of amides is 2. The van der Waals surface area contributed by atoms with E-state index >= 15 is 0 Å². The van der Waals surface area contributed by atoms with E-state index < -0.39 is 15.9 Å². The summed E-state index contributed by atoms with van der Waals surface area (Å²) in [5.74, 6) is -0.446. The molecule has 9 heteroatoms. The summed E-state index contributed by atoms with van der Waals surface area (Å²) in [5.41, 5.74) is 1.76. The molecule has 29 heavy (non-hydrogen) atoms. The van der Waals surface area contributed by atoms with E-state index in [1.54, 1.807) is 35.2 Å². The fourth-order valence-corrected chi connectivity index (χ4v) is 4.28. The van der Waals surface area contributed by atoms with Crippen LogP contribution in [0, 0.1) is 6.92 Å². The van der Waals surface area contributed by atoms with Crippen molar-refractivity contribution in [2.45, 2.75) is 24.7 Å². The van der Waals surface area contributed by atoms with Gasteiger partial charge in [0.2, 0.25) is 15.9 Å². The van der Waals surface area contributed by atoms with Gasteiger partial charge < -0.3 is 10.2 Å². The molecule has 3 rings (SSSR count). The highest BCUT2D eigenvalue weighted by molar-refractivity contribution is 7.89. The van der Waals surface area contributed by atoms with Crippen LogP contribution in [0.15, 0.2) is 47.4 Å². The number of anilines is 1. The maximum absolute atomic E-state index is 12.6. The molecule has 0 bridgehead atoms. The average molecular weight is 436 g/mol. The first kappa shape index (κ1) is 21.3. The molecule has 154 valence electrons. The van der Waals surface area contributed by atoms with Crippen molar-refractivity contribution in [3.63, 3.8) is 0 Å². The Balaban J connectivity index is 1.61. The van der Waals surface area contributed by atoms with Crippen LogP contribution in [0.25, 0.3) is 0 Å². The Morgan fingerprint density at radius 1 is 1.14 bits per heavy atom. The number of aryl methyl sites for hydroxylation is 1. The topological polar surface area (TPSA) is 95.6 Å².